The molecule has 0 bridgehead atoms. The van der Waals surface area contributed by atoms with E-state index in [9.17, 15) is 13.2 Å². The third-order valence-electron chi connectivity index (χ3n) is 4.85. The number of hydrogen-bond acceptors (Lipinski definition) is 3. The monoisotopic (exact) mass is 482 g/mol. The molecule has 1 N–H and O–H groups in total. The van der Waals surface area contributed by atoms with Gasteiger partial charge in [0.25, 0.3) is 10.0 Å². The van der Waals surface area contributed by atoms with Gasteiger partial charge < -0.3 is 5.32 Å². The number of hydrogen-bond donors (Lipinski definition) is 1. The SMILES string of the molecule is O=C(/C=C/c1ccc(Br)cc1)Nc1ccc(S(=O)(=O)N2CCc3ccccc32)cc1. The third-order valence-corrected chi connectivity index (χ3v) is 7.21. The molecule has 0 fully saturated rings. The number of nitrogens with zero attached hydrogens (tertiary/aromatic N) is 1. The van der Waals surface area contributed by atoms with Crippen molar-refractivity contribution in [2.75, 3.05) is 16.2 Å². The van der Waals surface area contributed by atoms with Gasteiger partial charge >= 0.3 is 0 Å². The fourth-order valence-electron chi connectivity index (χ4n) is 3.32. The highest BCUT2D eigenvalue weighted by molar-refractivity contribution is 9.10. The molecule has 1 amide bonds. The van der Waals surface area contributed by atoms with Crippen molar-refractivity contribution in [1.82, 2.24) is 0 Å². The lowest BCUT2D eigenvalue weighted by Gasteiger charge is -2.19. The summed E-state index contributed by atoms with van der Waals surface area (Å²) in [6.07, 6.45) is 3.86. The van der Waals surface area contributed by atoms with Crippen LogP contribution in [0.25, 0.3) is 6.08 Å². The number of carbonyl (C=O) groups excluding carboxylic acids is 1. The molecule has 152 valence electrons. The molecule has 30 heavy (non-hydrogen) atoms. The Morgan fingerprint density at radius 2 is 1.67 bits per heavy atom. The molecule has 0 unspecified atom stereocenters. The van der Waals surface area contributed by atoms with E-state index in [1.807, 2.05) is 48.5 Å². The normalized spacial score (nSPS) is 13.4. The number of fused-ring (bicyclic) bond motifs is 1. The van der Waals surface area contributed by atoms with Crippen LogP contribution in [0.1, 0.15) is 11.1 Å². The Bertz CT molecular complexity index is 1200. The van der Waals surface area contributed by atoms with Crippen LogP contribution in [-0.4, -0.2) is 20.9 Å². The number of sulfonamides is 1. The number of halogens is 1. The summed E-state index contributed by atoms with van der Waals surface area (Å²) in [5.74, 6) is -0.290. The van der Waals surface area contributed by atoms with Crippen LogP contribution < -0.4 is 9.62 Å². The molecule has 1 heterocycles. The van der Waals surface area contributed by atoms with Crippen LogP contribution in [0.2, 0.25) is 0 Å². The molecular weight excluding hydrogens is 464 g/mol. The summed E-state index contributed by atoms with van der Waals surface area (Å²) in [5, 5.41) is 2.74. The molecule has 0 aromatic heterocycles. The number of amides is 1. The highest BCUT2D eigenvalue weighted by Crippen LogP contribution is 2.32. The highest BCUT2D eigenvalue weighted by Gasteiger charge is 2.30. The first kappa shape index (κ1) is 20.4. The number of anilines is 2. The molecule has 0 saturated carbocycles. The zero-order valence-corrected chi connectivity index (χ0v) is 18.4. The van der Waals surface area contributed by atoms with Gasteiger partial charge in [-0.15, -0.1) is 0 Å². The lowest BCUT2D eigenvalue weighted by atomic mass is 10.2. The van der Waals surface area contributed by atoms with Crippen molar-refractivity contribution in [3.8, 4) is 0 Å². The number of para-hydroxylation sites is 1. The van der Waals surface area contributed by atoms with E-state index in [1.54, 1.807) is 18.2 Å². The van der Waals surface area contributed by atoms with Crippen molar-refractivity contribution < 1.29 is 13.2 Å². The van der Waals surface area contributed by atoms with Crippen molar-refractivity contribution in [3.05, 3.63) is 94.5 Å². The number of nitrogens with one attached hydrogen (secondary N) is 1. The van der Waals surface area contributed by atoms with E-state index >= 15 is 0 Å². The third kappa shape index (κ3) is 4.32. The Morgan fingerprint density at radius 1 is 0.967 bits per heavy atom. The Balaban J connectivity index is 1.45. The summed E-state index contributed by atoms with van der Waals surface area (Å²) in [6, 6.07) is 21.3. The lowest BCUT2D eigenvalue weighted by Crippen LogP contribution is -2.29. The maximum absolute atomic E-state index is 13.0. The highest BCUT2D eigenvalue weighted by atomic mass is 79.9. The Morgan fingerprint density at radius 3 is 2.40 bits per heavy atom. The lowest BCUT2D eigenvalue weighted by molar-refractivity contribution is -0.111. The summed E-state index contributed by atoms with van der Waals surface area (Å²) in [6.45, 7) is 0.432. The van der Waals surface area contributed by atoms with Crippen LogP contribution in [0, 0.1) is 0 Å². The Hall–Kier alpha value is -2.90. The summed E-state index contributed by atoms with van der Waals surface area (Å²) >= 11 is 3.37. The second-order valence-corrected chi connectivity index (χ2v) is 9.63. The van der Waals surface area contributed by atoms with Crippen LogP contribution in [0.3, 0.4) is 0 Å². The molecular formula is C23H19BrN2O3S. The van der Waals surface area contributed by atoms with Gasteiger partial charge in [0.1, 0.15) is 0 Å². The first-order valence-electron chi connectivity index (χ1n) is 9.39. The van der Waals surface area contributed by atoms with Gasteiger partial charge in [0.2, 0.25) is 5.91 Å². The summed E-state index contributed by atoms with van der Waals surface area (Å²) in [5.41, 5.74) is 3.19. The molecule has 0 saturated heterocycles. The Labute approximate surface area is 184 Å². The average molecular weight is 483 g/mol. The van der Waals surface area contributed by atoms with Crippen molar-refractivity contribution in [2.24, 2.45) is 0 Å². The van der Waals surface area contributed by atoms with Gasteiger partial charge in [0, 0.05) is 22.8 Å². The van der Waals surface area contributed by atoms with Crippen LogP contribution >= 0.6 is 15.9 Å². The molecule has 4 rings (SSSR count). The van der Waals surface area contributed by atoms with Crippen molar-refractivity contribution in [2.45, 2.75) is 11.3 Å². The average Bonchev–Trinajstić information content (AvgIpc) is 3.19. The van der Waals surface area contributed by atoms with Crippen molar-refractivity contribution >= 4 is 49.3 Å². The quantitative estimate of drug-likeness (QED) is 0.528. The first-order valence-corrected chi connectivity index (χ1v) is 11.6. The molecule has 3 aromatic rings. The maximum Gasteiger partial charge on any atom is 0.264 e. The minimum atomic E-state index is -3.64. The minimum Gasteiger partial charge on any atom is -0.323 e. The van der Waals surface area contributed by atoms with E-state index in [0.29, 0.717) is 18.7 Å². The predicted molar refractivity (Wildman–Crippen MR) is 123 cm³/mol. The van der Waals surface area contributed by atoms with Gasteiger partial charge in [-0.2, -0.15) is 0 Å². The minimum absolute atomic E-state index is 0.197. The van der Waals surface area contributed by atoms with Gasteiger partial charge in [-0.1, -0.05) is 46.3 Å². The molecule has 0 atom stereocenters. The molecule has 5 nitrogen and oxygen atoms in total. The van der Waals surface area contributed by atoms with E-state index in [1.165, 1.54) is 22.5 Å². The van der Waals surface area contributed by atoms with Crippen molar-refractivity contribution in [1.29, 1.82) is 0 Å². The van der Waals surface area contributed by atoms with Gasteiger partial charge in [-0.05, 0) is 66.1 Å². The molecule has 0 aliphatic carbocycles. The molecule has 3 aromatic carbocycles. The van der Waals surface area contributed by atoms with Crippen LogP contribution in [0.15, 0.2) is 88.2 Å². The fraction of sp³-hybridized carbons (Fsp3) is 0.0870. The smallest absolute Gasteiger partial charge is 0.264 e. The fourth-order valence-corrected chi connectivity index (χ4v) is 5.09. The second-order valence-electron chi connectivity index (χ2n) is 6.85. The summed E-state index contributed by atoms with van der Waals surface area (Å²) in [7, 11) is -3.64. The van der Waals surface area contributed by atoms with Gasteiger partial charge in [0.15, 0.2) is 0 Å². The second kappa shape index (κ2) is 8.45. The molecule has 0 spiro atoms. The number of rotatable bonds is 5. The zero-order chi connectivity index (χ0) is 21.1. The molecule has 1 aliphatic heterocycles. The topological polar surface area (TPSA) is 66.5 Å². The largest absolute Gasteiger partial charge is 0.323 e. The first-order chi connectivity index (χ1) is 14.4. The molecule has 1 aliphatic rings. The van der Waals surface area contributed by atoms with E-state index in [0.717, 1.165) is 21.3 Å². The standard InChI is InChI=1S/C23H19BrN2O3S/c24-19-8-5-17(6-9-19)7-14-23(27)25-20-10-12-21(13-11-20)30(28,29)26-16-15-18-3-1-2-4-22(18)26/h1-14H,15-16H2,(H,25,27)/b14-7+. The Kier molecular flexibility index (Phi) is 5.74. The summed E-state index contributed by atoms with van der Waals surface area (Å²) < 4.78 is 28.5. The van der Waals surface area contributed by atoms with E-state index in [-0.39, 0.29) is 10.8 Å². The summed E-state index contributed by atoms with van der Waals surface area (Å²) in [4.78, 5) is 12.3. The van der Waals surface area contributed by atoms with E-state index in [2.05, 4.69) is 21.2 Å². The van der Waals surface area contributed by atoms with E-state index < -0.39 is 10.0 Å². The van der Waals surface area contributed by atoms with Crippen LogP contribution in [-0.2, 0) is 21.2 Å². The molecule has 7 heteroatoms. The zero-order valence-electron chi connectivity index (χ0n) is 16.0. The molecule has 0 radical (unpaired) electrons. The van der Waals surface area contributed by atoms with Gasteiger partial charge in [0.05, 0.1) is 10.6 Å². The van der Waals surface area contributed by atoms with E-state index in [4.69, 9.17) is 0 Å². The van der Waals surface area contributed by atoms with Crippen molar-refractivity contribution in [3.63, 3.8) is 0 Å². The maximum atomic E-state index is 13.0. The number of carbonyl (C=O) groups is 1. The predicted octanol–water partition coefficient (Wildman–Crippen LogP) is 4.85. The van der Waals surface area contributed by atoms with Gasteiger partial charge in [-0.25, -0.2) is 8.42 Å². The van der Waals surface area contributed by atoms with Crippen LogP contribution in [0.4, 0.5) is 11.4 Å². The van der Waals surface area contributed by atoms with Gasteiger partial charge in [-0.3, -0.25) is 9.10 Å². The number of benzene rings is 3. The van der Waals surface area contributed by atoms with Crippen LogP contribution in [0.5, 0.6) is 0 Å².